The van der Waals surface area contributed by atoms with Crippen LogP contribution in [0.25, 0.3) is 10.9 Å². The van der Waals surface area contributed by atoms with Gasteiger partial charge in [0.05, 0.1) is 49.0 Å². The summed E-state index contributed by atoms with van der Waals surface area (Å²) >= 11 is 4.78. The number of hydrogen-bond donors (Lipinski definition) is 15. The van der Waals surface area contributed by atoms with Crippen LogP contribution in [0, 0.1) is 5.92 Å². The summed E-state index contributed by atoms with van der Waals surface area (Å²) in [4.78, 5) is 195. The molecule has 4 aliphatic heterocycles. The van der Waals surface area contributed by atoms with Gasteiger partial charge in [-0.2, -0.15) is 12.6 Å². The highest BCUT2D eigenvalue weighted by molar-refractivity contribution is 8.00. The van der Waals surface area contributed by atoms with Gasteiger partial charge in [0.1, 0.15) is 36.3 Å². The Morgan fingerprint density at radius 3 is 2.16 bits per heavy atom. The van der Waals surface area contributed by atoms with Crippen molar-refractivity contribution in [1.82, 2.24) is 68.0 Å². The van der Waals surface area contributed by atoms with Crippen molar-refractivity contribution in [1.29, 1.82) is 0 Å². The Balaban J connectivity index is 1.11. The van der Waals surface area contributed by atoms with Crippen LogP contribution in [0.2, 0.25) is 0 Å². The van der Waals surface area contributed by atoms with Gasteiger partial charge in [-0.15, -0.1) is 0 Å². The van der Waals surface area contributed by atoms with Gasteiger partial charge in [-0.05, 0) is 55.5 Å². The van der Waals surface area contributed by atoms with E-state index in [0.717, 1.165) is 21.6 Å². The molecule has 2 fully saturated rings. The van der Waals surface area contributed by atoms with Gasteiger partial charge in [-0.25, -0.2) is 0 Å². The third-order valence-corrected chi connectivity index (χ3v) is 16.7. The van der Waals surface area contributed by atoms with Gasteiger partial charge in [-0.1, -0.05) is 62.4 Å². The first-order valence-electron chi connectivity index (χ1n) is 28.6. The van der Waals surface area contributed by atoms with Crippen LogP contribution in [-0.2, 0) is 80.1 Å². The number of para-hydroxylation sites is 1. The SMILES string of the molecule is CCCC1NC(=O)CNC(=O)[C@H]2Cc3c([nH]c4ccccc34)SC(NC(=O)CNC1=O)C(=O)N[C@@H](CC(=O)NCc1ccc(NC(=O)[C@H](C)NC(=O)CNC(=O)CCN3C(=O)CC(S)C3=O)cc1)C(=O)N1CCC[C@H]1C(=O)NC([C@@H](C)[C@@H](O)CO)C(=O)N2. The molecule has 0 aliphatic carbocycles. The third kappa shape index (κ3) is 17.6. The van der Waals surface area contributed by atoms with E-state index in [1.807, 2.05) is 0 Å². The molecule has 474 valence electrons. The Labute approximate surface area is 513 Å². The number of carbonyl (C=O) groups excluding carboxylic acids is 14. The van der Waals surface area contributed by atoms with Crippen molar-refractivity contribution < 1.29 is 77.3 Å². The topological polar surface area (TPSA) is 434 Å². The van der Waals surface area contributed by atoms with Crippen LogP contribution in [0.15, 0.2) is 53.6 Å². The maximum absolute atomic E-state index is 14.9. The van der Waals surface area contributed by atoms with Gasteiger partial charge in [-0.3, -0.25) is 72.0 Å². The van der Waals surface area contributed by atoms with E-state index in [2.05, 4.69) is 76.1 Å². The molecule has 32 heteroatoms. The number of nitrogens with one attached hydrogen (secondary N) is 12. The van der Waals surface area contributed by atoms with E-state index in [-0.39, 0.29) is 63.2 Å². The molecular formula is C56H72N14O16S2. The lowest BCUT2D eigenvalue weighted by Crippen LogP contribution is -2.61. The van der Waals surface area contributed by atoms with Crippen molar-refractivity contribution in [3.05, 3.63) is 59.7 Å². The first-order valence-corrected chi connectivity index (χ1v) is 30.0. The van der Waals surface area contributed by atoms with Gasteiger partial charge in [0.15, 0.2) is 5.37 Å². The molecule has 5 heterocycles. The number of anilines is 1. The molecule has 7 rings (SSSR count). The van der Waals surface area contributed by atoms with Crippen molar-refractivity contribution in [2.45, 2.75) is 137 Å². The van der Waals surface area contributed by atoms with Gasteiger partial charge < -0.3 is 78.6 Å². The van der Waals surface area contributed by atoms with E-state index in [4.69, 9.17) is 0 Å². The Bertz CT molecular complexity index is 3200. The number of amides is 14. The molecule has 14 N–H and O–H groups in total. The Kier molecular flexibility index (Phi) is 23.4. The van der Waals surface area contributed by atoms with Crippen LogP contribution in [-0.4, -0.2) is 200 Å². The molecule has 0 radical (unpaired) electrons. The number of fused-ring (bicyclic) bond motifs is 4. The second-order valence-corrected chi connectivity index (χ2v) is 23.3. The first-order chi connectivity index (χ1) is 41.9. The Hall–Kier alpha value is -8.62. The summed E-state index contributed by atoms with van der Waals surface area (Å²) in [6, 6.07) is 4.31. The van der Waals surface area contributed by atoms with Crippen LogP contribution in [0.1, 0.15) is 76.8 Å². The lowest BCUT2D eigenvalue weighted by Gasteiger charge is -2.32. The number of likely N-dealkylation sites (tertiary alicyclic amines) is 1. The van der Waals surface area contributed by atoms with E-state index in [1.165, 1.54) is 26.0 Å². The van der Waals surface area contributed by atoms with E-state index >= 15 is 0 Å². The number of aliphatic hydroxyl groups excluding tert-OH is 2. The van der Waals surface area contributed by atoms with Crippen LogP contribution in [0.5, 0.6) is 0 Å². The average Bonchev–Trinajstić information content (AvgIpc) is 4.18. The second-order valence-electron chi connectivity index (χ2n) is 21.6. The molecule has 2 aromatic carbocycles. The molecule has 0 saturated carbocycles. The van der Waals surface area contributed by atoms with Crippen molar-refractivity contribution >= 4 is 124 Å². The fourth-order valence-corrected chi connectivity index (χ4v) is 11.6. The van der Waals surface area contributed by atoms with Crippen molar-refractivity contribution in [3.63, 3.8) is 0 Å². The number of H-pyrrole nitrogens is 1. The number of thiol groups is 1. The van der Waals surface area contributed by atoms with Crippen LogP contribution < -0.4 is 58.5 Å². The smallest absolute Gasteiger partial charge is 0.254 e. The zero-order chi connectivity index (χ0) is 63.9. The fourth-order valence-electron chi connectivity index (χ4n) is 10.2. The fraction of sp³-hybridized carbons (Fsp3) is 0.500. The highest BCUT2D eigenvalue weighted by atomic mass is 32.2. The van der Waals surface area contributed by atoms with Gasteiger partial charge in [0.25, 0.3) is 5.91 Å². The molecule has 4 unspecified atom stereocenters. The third-order valence-electron chi connectivity index (χ3n) is 15.1. The summed E-state index contributed by atoms with van der Waals surface area (Å²) in [6.07, 6.45) is -2.24. The lowest BCUT2D eigenvalue weighted by atomic mass is 9.94. The number of benzene rings is 2. The van der Waals surface area contributed by atoms with Gasteiger partial charge >= 0.3 is 0 Å². The zero-order valence-electron chi connectivity index (χ0n) is 48.4. The van der Waals surface area contributed by atoms with Crippen LogP contribution in [0.3, 0.4) is 0 Å². The minimum Gasteiger partial charge on any atom is -0.394 e. The summed E-state index contributed by atoms with van der Waals surface area (Å²) in [5.74, 6) is -12.1. The first kappa shape index (κ1) is 66.9. The molecule has 0 spiro atoms. The summed E-state index contributed by atoms with van der Waals surface area (Å²) in [5.41, 5.74) is 1.57. The lowest BCUT2D eigenvalue weighted by molar-refractivity contribution is -0.144. The highest BCUT2D eigenvalue weighted by Crippen LogP contribution is 2.34. The summed E-state index contributed by atoms with van der Waals surface area (Å²) in [5, 5.41) is 47.3. The van der Waals surface area contributed by atoms with Crippen LogP contribution in [0.4, 0.5) is 5.69 Å². The number of aromatic nitrogens is 1. The molecular weight excluding hydrogens is 1190 g/mol. The molecule has 88 heavy (non-hydrogen) atoms. The quantitative estimate of drug-likeness (QED) is 0.0452. The highest BCUT2D eigenvalue weighted by Gasteiger charge is 2.43. The zero-order valence-corrected chi connectivity index (χ0v) is 50.1. The number of aliphatic hydroxyl groups is 2. The van der Waals surface area contributed by atoms with E-state index in [9.17, 15) is 77.3 Å². The predicted octanol–water partition coefficient (Wildman–Crippen LogP) is -4.06. The average molecular weight is 1260 g/mol. The molecule has 2 bridgehead atoms. The number of rotatable bonds is 17. The molecule has 10 atom stereocenters. The molecule has 30 nitrogen and oxygen atoms in total. The number of thioether (sulfide) groups is 1. The standard InChI is InChI=1S/C56H72N14O16S2/c1-4-8-34-48(80)59-25-44(77)67-54-52(84)65-36(20-41(74)57-22-29-12-14-30(15-13-29)62-47(79)28(3)61-42(75)23-58-40(73)16-18-70-45(78)21-39(87)56(70)86)55(85)69-17-7-11-37(69)50(82)68-46(27(2)38(72)26-71)51(83)64-35(49(81)60-24-43(76)63-34)19-32-31-9-5-6-10-33(31)66-53(32)88-54/h5-6,9-10,12-15,27-28,34-39,46,54,66,71-72,87H,4,7-8,11,16-26H2,1-3H3,(H,57,74)(H,58,73)(H,59,80)(H,60,81)(H,61,75)(H,62,79)(H,63,76)(H,64,83)(H,65,84)(H,67,77)(H,68,82)/t27-,28-,34?,35+,36-,37-,38-,39?,46?,54?/m0/s1. The molecule has 3 aromatic rings. The monoisotopic (exact) mass is 1260 g/mol. The van der Waals surface area contributed by atoms with E-state index in [1.54, 1.807) is 43.3 Å². The second kappa shape index (κ2) is 30.8. The minimum atomic E-state index is -1.74. The number of nitrogens with zero attached hydrogens (tertiary/aromatic N) is 2. The predicted molar refractivity (Wildman–Crippen MR) is 316 cm³/mol. The maximum Gasteiger partial charge on any atom is 0.254 e. The Morgan fingerprint density at radius 1 is 0.761 bits per heavy atom. The van der Waals surface area contributed by atoms with Gasteiger partial charge in [0.2, 0.25) is 76.8 Å². The number of aromatic amines is 1. The van der Waals surface area contributed by atoms with Gasteiger partial charge in [0, 0.05) is 61.4 Å². The molecule has 4 aliphatic rings. The summed E-state index contributed by atoms with van der Waals surface area (Å²) in [7, 11) is 0. The maximum atomic E-state index is 14.9. The summed E-state index contributed by atoms with van der Waals surface area (Å²) < 4.78 is 0. The molecule has 2 saturated heterocycles. The van der Waals surface area contributed by atoms with Crippen LogP contribution >= 0.6 is 24.4 Å². The number of hydrogen-bond acceptors (Lipinski definition) is 18. The van der Waals surface area contributed by atoms with Crippen molar-refractivity contribution in [3.8, 4) is 0 Å². The van der Waals surface area contributed by atoms with Crippen molar-refractivity contribution in [2.75, 3.05) is 44.6 Å². The number of imide groups is 1. The van der Waals surface area contributed by atoms with E-state index < -0.39 is 174 Å². The largest absolute Gasteiger partial charge is 0.394 e. The normalized spacial score (nSPS) is 23.6. The number of carbonyl (C=O) groups is 14. The minimum absolute atomic E-state index is 0.0294. The molecule has 14 amide bonds. The Morgan fingerprint density at radius 2 is 1.47 bits per heavy atom. The van der Waals surface area contributed by atoms with E-state index in [0.29, 0.717) is 34.1 Å². The van der Waals surface area contributed by atoms with Crippen molar-refractivity contribution in [2.24, 2.45) is 5.92 Å². The summed E-state index contributed by atoms with van der Waals surface area (Å²) in [6.45, 7) is 1.40. The molecule has 1 aromatic heterocycles.